The maximum atomic E-state index is 12.5. The van der Waals surface area contributed by atoms with Crippen molar-refractivity contribution >= 4 is 28.0 Å². The second kappa shape index (κ2) is 4.10. The van der Waals surface area contributed by atoms with E-state index in [4.69, 9.17) is 0 Å². The number of hydrogen-bond donors (Lipinski definition) is 1. The number of thiophene rings is 1. The summed E-state index contributed by atoms with van der Waals surface area (Å²) in [4.78, 5) is 16.6. The van der Waals surface area contributed by atoms with Crippen molar-refractivity contribution < 1.29 is 4.79 Å². The molecule has 3 rings (SSSR count). The number of H-pyrrole nitrogens is 1. The van der Waals surface area contributed by atoms with Gasteiger partial charge in [-0.2, -0.15) is 0 Å². The standard InChI is InChI=1S/C15H13NOS/c1-9-4-3-5-12-13(9)11(8-16-12)14(17)15-10(2)6-7-18-15/h3-8,16H,1-2H3. The van der Waals surface area contributed by atoms with E-state index >= 15 is 0 Å². The third-order valence-corrected chi connectivity index (χ3v) is 4.24. The van der Waals surface area contributed by atoms with Crippen LogP contribution in [0, 0.1) is 13.8 Å². The Kier molecular flexibility index (Phi) is 2.56. The van der Waals surface area contributed by atoms with E-state index in [0.717, 1.165) is 32.5 Å². The molecule has 3 aromatic rings. The SMILES string of the molecule is Cc1ccsc1C(=O)c1c[nH]c2cccc(C)c12. The van der Waals surface area contributed by atoms with Crippen LogP contribution in [0.25, 0.3) is 10.9 Å². The Hall–Kier alpha value is -1.87. The van der Waals surface area contributed by atoms with Crippen molar-refractivity contribution in [1.29, 1.82) is 0 Å². The molecule has 0 fully saturated rings. The van der Waals surface area contributed by atoms with E-state index in [9.17, 15) is 4.79 Å². The summed E-state index contributed by atoms with van der Waals surface area (Å²) in [6.45, 7) is 4.01. The molecular formula is C15H13NOS. The highest BCUT2D eigenvalue weighted by Crippen LogP contribution is 2.27. The van der Waals surface area contributed by atoms with Gasteiger partial charge in [-0.15, -0.1) is 11.3 Å². The topological polar surface area (TPSA) is 32.9 Å². The summed E-state index contributed by atoms with van der Waals surface area (Å²) in [6.07, 6.45) is 1.82. The van der Waals surface area contributed by atoms with Crippen LogP contribution in [0.15, 0.2) is 35.8 Å². The maximum absolute atomic E-state index is 12.5. The van der Waals surface area contributed by atoms with Gasteiger partial charge in [0.25, 0.3) is 0 Å². The van der Waals surface area contributed by atoms with Crippen LogP contribution >= 0.6 is 11.3 Å². The first-order chi connectivity index (χ1) is 8.68. The number of aryl methyl sites for hydroxylation is 2. The monoisotopic (exact) mass is 255 g/mol. The molecular weight excluding hydrogens is 242 g/mol. The van der Waals surface area contributed by atoms with Gasteiger partial charge in [0, 0.05) is 22.7 Å². The van der Waals surface area contributed by atoms with Crippen LogP contribution in [0.4, 0.5) is 0 Å². The molecule has 18 heavy (non-hydrogen) atoms. The number of carbonyl (C=O) groups is 1. The molecule has 3 heteroatoms. The normalized spacial score (nSPS) is 11.0. The van der Waals surface area contributed by atoms with Crippen molar-refractivity contribution in [2.24, 2.45) is 0 Å². The molecule has 1 N–H and O–H groups in total. The van der Waals surface area contributed by atoms with Crippen LogP contribution in [-0.4, -0.2) is 10.8 Å². The van der Waals surface area contributed by atoms with E-state index in [2.05, 4.69) is 4.98 Å². The number of nitrogens with one attached hydrogen (secondary N) is 1. The predicted molar refractivity (Wildman–Crippen MR) is 75.5 cm³/mol. The lowest BCUT2D eigenvalue weighted by atomic mass is 10.0. The van der Waals surface area contributed by atoms with Gasteiger partial charge in [-0.05, 0) is 42.5 Å². The fourth-order valence-electron chi connectivity index (χ4n) is 2.27. The molecule has 0 radical (unpaired) electrons. The number of ketones is 1. The largest absolute Gasteiger partial charge is 0.360 e. The molecule has 90 valence electrons. The van der Waals surface area contributed by atoms with E-state index in [-0.39, 0.29) is 5.78 Å². The molecule has 0 saturated heterocycles. The summed E-state index contributed by atoms with van der Waals surface area (Å²) >= 11 is 1.51. The second-order valence-electron chi connectivity index (χ2n) is 4.46. The van der Waals surface area contributed by atoms with Crippen LogP contribution in [0.3, 0.4) is 0 Å². The van der Waals surface area contributed by atoms with Crippen molar-refractivity contribution in [3.8, 4) is 0 Å². The van der Waals surface area contributed by atoms with Crippen molar-refractivity contribution in [2.75, 3.05) is 0 Å². The van der Waals surface area contributed by atoms with Gasteiger partial charge >= 0.3 is 0 Å². The zero-order valence-electron chi connectivity index (χ0n) is 10.3. The van der Waals surface area contributed by atoms with Gasteiger partial charge in [0.15, 0.2) is 0 Å². The molecule has 0 atom stereocenters. The lowest BCUT2D eigenvalue weighted by Gasteiger charge is -2.01. The molecule has 2 nitrogen and oxygen atoms in total. The van der Waals surface area contributed by atoms with Crippen LogP contribution in [0.1, 0.15) is 26.4 Å². The lowest BCUT2D eigenvalue weighted by molar-refractivity contribution is 0.104. The van der Waals surface area contributed by atoms with Gasteiger partial charge in [0.2, 0.25) is 5.78 Å². The summed E-state index contributed by atoms with van der Waals surface area (Å²) in [5, 5.41) is 3.00. The van der Waals surface area contributed by atoms with Crippen molar-refractivity contribution in [1.82, 2.24) is 4.98 Å². The predicted octanol–water partition coefficient (Wildman–Crippen LogP) is 4.08. The van der Waals surface area contributed by atoms with E-state index in [1.165, 1.54) is 11.3 Å². The Morgan fingerprint density at radius 1 is 1.17 bits per heavy atom. The van der Waals surface area contributed by atoms with Crippen molar-refractivity contribution in [3.05, 3.63) is 57.4 Å². The molecule has 0 aliphatic heterocycles. The molecule has 2 heterocycles. The first-order valence-corrected chi connectivity index (χ1v) is 6.72. The Morgan fingerprint density at radius 2 is 2.00 bits per heavy atom. The van der Waals surface area contributed by atoms with Crippen LogP contribution < -0.4 is 0 Å². The minimum Gasteiger partial charge on any atom is -0.360 e. The van der Waals surface area contributed by atoms with Crippen molar-refractivity contribution in [3.63, 3.8) is 0 Å². The van der Waals surface area contributed by atoms with Gasteiger partial charge in [-0.25, -0.2) is 0 Å². The van der Waals surface area contributed by atoms with Crippen molar-refractivity contribution in [2.45, 2.75) is 13.8 Å². The first kappa shape index (κ1) is 11.2. The molecule has 1 aromatic carbocycles. The number of carbonyl (C=O) groups excluding carboxylic acids is 1. The molecule has 0 unspecified atom stereocenters. The fraction of sp³-hybridized carbons (Fsp3) is 0.133. The molecule has 0 amide bonds. The summed E-state index contributed by atoms with van der Waals surface area (Å²) in [7, 11) is 0. The maximum Gasteiger partial charge on any atom is 0.205 e. The van der Waals surface area contributed by atoms with Crippen LogP contribution in [0.5, 0.6) is 0 Å². The Bertz CT molecular complexity index is 736. The Labute approximate surface area is 109 Å². The molecule has 0 aliphatic carbocycles. The highest BCUT2D eigenvalue weighted by molar-refractivity contribution is 7.12. The molecule has 0 bridgehead atoms. The Morgan fingerprint density at radius 3 is 2.72 bits per heavy atom. The zero-order valence-corrected chi connectivity index (χ0v) is 11.1. The van der Waals surface area contributed by atoms with E-state index in [1.54, 1.807) is 0 Å². The summed E-state index contributed by atoms with van der Waals surface area (Å²) in [6, 6.07) is 8.02. The van der Waals surface area contributed by atoms with Crippen LogP contribution in [0.2, 0.25) is 0 Å². The zero-order chi connectivity index (χ0) is 12.7. The molecule has 0 saturated carbocycles. The first-order valence-electron chi connectivity index (χ1n) is 5.84. The average molecular weight is 255 g/mol. The molecule has 0 aliphatic rings. The summed E-state index contributed by atoms with van der Waals surface area (Å²) in [5.41, 5.74) is 3.97. The third kappa shape index (κ3) is 1.59. The van der Waals surface area contributed by atoms with E-state index in [0.29, 0.717) is 0 Å². The van der Waals surface area contributed by atoms with E-state index in [1.807, 2.05) is 49.7 Å². The highest BCUT2D eigenvalue weighted by Gasteiger charge is 2.17. The minimum absolute atomic E-state index is 0.114. The summed E-state index contributed by atoms with van der Waals surface area (Å²) in [5.74, 6) is 0.114. The minimum atomic E-state index is 0.114. The molecule has 2 aromatic heterocycles. The number of hydrogen-bond acceptors (Lipinski definition) is 2. The summed E-state index contributed by atoms with van der Waals surface area (Å²) < 4.78 is 0. The lowest BCUT2D eigenvalue weighted by Crippen LogP contribution is -1.99. The van der Waals surface area contributed by atoms with E-state index < -0.39 is 0 Å². The number of rotatable bonds is 2. The van der Waals surface area contributed by atoms with Gasteiger partial charge in [-0.3, -0.25) is 4.79 Å². The second-order valence-corrected chi connectivity index (χ2v) is 5.38. The average Bonchev–Trinajstić information content (AvgIpc) is 2.95. The quantitative estimate of drug-likeness (QED) is 0.688. The van der Waals surface area contributed by atoms with Gasteiger partial charge in [-0.1, -0.05) is 12.1 Å². The number of aromatic nitrogens is 1. The number of fused-ring (bicyclic) bond motifs is 1. The van der Waals surface area contributed by atoms with Crippen LogP contribution in [-0.2, 0) is 0 Å². The third-order valence-electron chi connectivity index (χ3n) is 3.23. The number of aromatic amines is 1. The van der Waals surface area contributed by atoms with Gasteiger partial charge < -0.3 is 4.98 Å². The fourth-order valence-corrected chi connectivity index (χ4v) is 3.15. The van der Waals surface area contributed by atoms with Gasteiger partial charge in [0.05, 0.1) is 4.88 Å². The smallest absolute Gasteiger partial charge is 0.205 e. The number of benzene rings is 1. The highest BCUT2D eigenvalue weighted by atomic mass is 32.1. The van der Waals surface area contributed by atoms with Gasteiger partial charge in [0.1, 0.15) is 0 Å². The Balaban J connectivity index is 2.22. The molecule has 0 spiro atoms.